The molecule has 1 aliphatic rings. The molecule has 0 fully saturated rings. The van der Waals surface area contributed by atoms with Crippen LogP contribution < -0.4 is 0 Å². The summed E-state index contributed by atoms with van der Waals surface area (Å²) in [5, 5.41) is 9.20. The first-order valence-corrected chi connectivity index (χ1v) is 8.21. The zero-order valence-corrected chi connectivity index (χ0v) is 13.3. The molecule has 0 saturated heterocycles. The van der Waals surface area contributed by atoms with E-state index in [1.165, 1.54) is 25.7 Å². The number of esters is 1. The minimum absolute atomic E-state index is 0.0121. The van der Waals surface area contributed by atoms with Crippen molar-refractivity contribution in [3.05, 3.63) is 11.1 Å². The van der Waals surface area contributed by atoms with E-state index >= 15 is 0 Å². The number of aliphatic carboxylic acids is 1. The van der Waals surface area contributed by atoms with Crippen LogP contribution in [-0.2, 0) is 14.3 Å². The maximum absolute atomic E-state index is 12.1. The van der Waals surface area contributed by atoms with Crippen LogP contribution in [0.3, 0.4) is 0 Å². The Morgan fingerprint density at radius 1 is 1.19 bits per heavy atom. The maximum atomic E-state index is 12.1. The topological polar surface area (TPSA) is 63.6 Å². The molecule has 0 saturated carbocycles. The molecule has 1 N–H and O–H groups in total. The summed E-state index contributed by atoms with van der Waals surface area (Å²) in [6, 6.07) is 0. The van der Waals surface area contributed by atoms with Gasteiger partial charge in [0, 0.05) is 5.57 Å². The quantitative estimate of drug-likeness (QED) is 0.514. The predicted molar refractivity (Wildman–Crippen MR) is 82.0 cm³/mol. The van der Waals surface area contributed by atoms with Crippen LogP contribution in [0.4, 0.5) is 0 Å². The summed E-state index contributed by atoms with van der Waals surface area (Å²) in [7, 11) is 0. The molecule has 0 heterocycles. The maximum Gasteiger partial charge on any atom is 0.334 e. The summed E-state index contributed by atoms with van der Waals surface area (Å²) in [5.41, 5.74) is 0.640. The van der Waals surface area contributed by atoms with Crippen LogP contribution in [0.25, 0.3) is 0 Å². The van der Waals surface area contributed by atoms with Gasteiger partial charge < -0.3 is 9.84 Å². The first-order chi connectivity index (χ1) is 10.1. The van der Waals surface area contributed by atoms with Gasteiger partial charge in [0.2, 0.25) is 0 Å². The van der Waals surface area contributed by atoms with Gasteiger partial charge in [-0.15, -0.1) is 0 Å². The highest BCUT2D eigenvalue weighted by Crippen LogP contribution is 2.31. The molecule has 0 aliphatic heterocycles. The molecule has 0 spiro atoms. The molecule has 1 aliphatic carbocycles. The molecule has 0 aromatic rings. The number of unbranched alkanes of at least 4 members (excludes halogenated alkanes) is 5. The van der Waals surface area contributed by atoms with E-state index < -0.39 is 11.9 Å². The Hall–Kier alpha value is -1.32. The van der Waals surface area contributed by atoms with E-state index in [1.807, 2.05) is 6.92 Å². The minimum Gasteiger partial charge on any atom is -0.478 e. The summed E-state index contributed by atoms with van der Waals surface area (Å²) in [6.45, 7) is 4.48. The predicted octanol–water partition coefficient (Wildman–Crippen LogP) is 4.09. The number of hydrogen-bond acceptors (Lipinski definition) is 3. The van der Waals surface area contributed by atoms with Gasteiger partial charge in [-0.1, -0.05) is 46.0 Å². The molecule has 0 aromatic carbocycles. The van der Waals surface area contributed by atoms with E-state index in [0.29, 0.717) is 18.6 Å². The molecule has 120 valence electrons. The summed E-state index contributed by atoms with van der Waals surface area (Å²) < 4.78 is 5.28. The highest BCUT2D eigenvalue weighted by molar-refractivity contribution is 6.00. The Morgan fingerprint density at radius 2 is 1.86 bits per heavy atom. The van der Waals surface area contributed by atoms with Crippen molar-refractivity contribution in [2.24, 2.45) is 5.92 Å². The lowest BCUT2D eigenvalue weighted by molar-refractivity contribution is -0.141. The van der Waals surface area contributed by atoms with Crippen LogP contribution in [-0.4, -0.2) is 23.7 Å². The fourth-order valence-electron chi connectivity index (χ4n) is 2.83. The standard InChI is InChI=1S/C17H28O4/c1-3-4-5-6-7-8-12-21-17(20)15-13(2)10-9-11-14(15)16(18)19/h13H,3-12H2,1-2H3,(H,18,19). The van der Waals surface area contributed by atoms with Gasteiger partial charge in [0.1, 0.15) is 0 Å². The zero-order chi connectivity index (χ0) is 15.7. The number of ether oxygens (including phenoxy) is 1. The second kappa shape index (κ2) is 9.59. The first kappa shape index (κ1) is 17.7. The van der Waals surface area contributed by atoms with Gasteiger partial charge in [-0.3, -0.25) is 0 Å². The van der Waals surface area contributed by atoms with E-state index in [0.717, 1.165) is 25.7 Å². The van der Waals surface area contributed by atoms with Crippen LogP contribution >= 0.6 is 0 Å². The number of carboxylic acids is 1. The van der Waals surface area contributed by atoms with Gasteiger partial charge >= 0.3 is 11.9 Å². The first-order valence-electron chi connectivity index (χ1n) is 8.21. The number of carbonyl (C=O) groups is 2. The van der Waals surface area contributed by atoms with Gasteiger partial charge in [0.15, 0.2) is 0 Å². The Balaban J connectivity index is 2.40. The second-order valence-corrected chi connectivity index (χ2v) is 5.89. The summed E-state index contributed by atoms with van der Waals surface area (Å²) in [4.78, 5) is 23.3. The third-order valence-corrected chi connectivity index (χ3v) is 4.09. The van der Waals surface area contributed by atoms with Crippen LogP contribution in [0.2, 0.25) is 0 Å². The third-order valence-electron chi connectivity index (χ3n) is 4.09. The highest BCUT2D eigenvalue weighted by Gasteiger charge is 2.29. The van der Waals surface area contributed by atoms with Crippen LogP contribution in [0.5, 0.6) is 0 Å². The van der Waals surface area contributed by atoms with E-state index in [9.17, 15) is 14.7 Å². The van der Waals surface area contributed by atoms with E-state index in [-0.39, 0.29) is 11.5 Å². The van der Waals surface area contributed by atoms with Crippen LogP contribution in [0, 0.1) is 5.92 Å². The smallest absolute Gasteiger partial charge is 0.334 e. The molecule has 4 heteroatoms. The lowest BCUT2D eigenvalue weighted by Crippen LogP contribution is -2.23. The summed E-state index contributed by atoms with van der Waals surface area (Å²) >= 11 is 0. The third kappa shape index (κ3) is 5.90. The molecule has 0 bridgehead atoms. The van der Waals surface area contributed by atoms with E-state index in [1.54, 1.807) is 0 Å². The van der Waals surface area contributed by atoms with Crippen LogP contribution in [0.15, 0.2) is 11.1 Å². The average Bonchev–Trinajstić information content (AvgIpc) is 2.45. The largest absolute Gasteiger partial charge is 0.478 e. The van der Waals surface area contributed by atoms with Gasteiger partial charge in [-0.25, -0.2) is 9.59 Å². The molecule has 0 amide bonds. The molecule has 1 unspecified atom stereocenters. The molecule has 1 atom stereocenters. The van der Waals surface area contributed by atoms with Crippen molar-refractivity contribution in [3.63, 3.8) is 0 Å². The van der Waals surface area contributed by atoms with Crippen LogP contribution in [0.1, 0.15) is 71.6 Å². The average molecular weight is 296 g/mol. The van der Waals surface area contributed by atoms with Gasteiger partial charge in [-0.05, 0) is 31.6 Å². The van der Waals surface area contributed by atoms with Gasteiger partial charge in [-0.2, -0.15) is 0 Å². The SMILES string of the molecule is CCCCCCCCOC(=O)C1=C(C(=O)O)CCCC1C. The van der Waals surface area contributed by atoms with Crippen molar-refractivity contribution in [3.8, 4) is 0 Å². The monoisotopic (exact) mass is 296 g/mol. The van der Waals surface area contributed by atoms with Crippen molar-refractivity contribution < 1.29 is 19.4 Å². The second-order valence-electron chi connectivity index (χ2n) is 5.89. The summed E-state index contributed by atoms with van der Waals surface area (Å²) in [5.74, 6) is -1.41. The Bertz CT molecular complexity index is 384. The molecule has 0 aromatic heterocycles. The molecule has 21 heavy (non-hydrogen) atoms. The number of hydrogen-bond donors (Lipinski definition) is 1. The fourth-order valence-corrected chi connectivity index (χ4v) is 2.83. The lowest BCUT2D eigenvalue weighted by Gasteiger charge is -2.22. The number of carbonyl (C=O) groups excluding carboxylic acids is 1. The van der Waals surface area contributed by atoms with Gasteiger partial charge in [0.25, 0.3) is 0 Å². The highest BCUT2D eigenvalue weighted by atomic mass is 16.5. The fraction of sp³-hybridized carbons (Fsp3) is 0.765. The molecule has 1 rings (SSSR count). The number of carboxylic acid groups (broad SMARTS) is 1. The van der Waals surface area contributed by atoms with Crippen molar-refractivity contribution in [2.75, 3.05) is 6.61 Å². The molecule has 4 nitrogen and oxygen atoms in total. The Labute approximate surface area is 127 Å². The van der Waals surface area contributed by atoms with Gasteiger partial charge in [0.05, 0.1) is 12.2 Å². The van der Waals surface area contributed by atoms with E-state index in [2.05, 4.69) is 6.92 Å². The van der Waals surface area contributed by atoms with Crippen molar-refractivity contribution in [1.82, 2.24) is 0 Å². The number of rotatable bonds is 9. The molecular formula is C17H28O4. The summed E-state index contributed by atoms with van der Waals surface area (Å²) in [6.07, 6.45) is 8.97. The Morgan fingerprint density at radius 3 is 2.52 bits per heavy atom. The van der Waals surface area contributed by atoms with E-state index in [4.69, 9.17) is 4.74 Å². The van der Waals surface area contributed by atoms with Crippen molar-refractivity contribution >= 4 is 11.9 Å². The van der Waals surface area contributed by atoms with Crippen molar-refractivity contribution in [1.29, 1.82) is 0 Å². The molecule has 0 radical (unpaired) electrons. The molecular weight excluding hydrogens is 268 g/mol. The van der Waals surface area contributed by atoms with Crippen molar-refractivity contribution in [2.45, 2.75) is 71.6 Å². The Kier molecular flexibility index (Phi) is 8.09. The zero-order valence-electron chi connectivity index (χ0n) is 13.3. The lowest BCUT2D eigenvalue weighted by atomic mass is 9.84. The normalized spacial score (nSPS) is 18.7. The minimum atomic E-state index is -0.979.